The van der Waals surface area contributed by atoms with Crippen molar-refractivity contribution in [1.82, 2.24) is 10.2 Å². The van der Waals surface area contributed by atoms with E-state index in [0.29, 0.717) is 5.75 Å². The van der Waals surface area contributed by atoms with Crippen LogP contribution in [-0.4, -0.2) is 59.8 Å². The van der Waals surface area contributed by atoms with Gasteiger partial charge in [-0.2, -0.15) is 0 Å². The van der Waals surface area contributed by atoms with Crippen LogP contribution >= 0.6 is 0 Å². The third-order valence-electron chi connectivity index (χ3n) is 3.27. The first-order chi connectivity index (χ1) is 12.1. The number of hydrogen-bond donors (Lipinski definition) is 2. The Hall–Kier alpha value is -2.77. The highest BCUT2D eigenvalue weighted by atomic mass is 16.6. The molecule has 0 aliphatic carbocycles. The second-order valence-electron chi connectivity index (χ2n) is 6.67. The standard InChI is InChI=1S/C18H26N2O6/c1-18(2,3)26-17(24)20(4)14(16(23)19-12-15(21)22)10-11-25-13-8-6-5-7-9-13/h5-9,14H,10-12H2,1-4H3,(H,19,23)(H,21,22). The van der Waals surface area contributed by atoms with E-state index in [2.05, 4.69) is 5.32 Å². The van der Waals surface area contributed by atoms with Crippen LogP contribution in [0.25, 0.3) is 0 Å². The van der Waals surface area contributed by atoms with Crippen LogP contribution in [0.4, 0.5) is 4.79 Å². The summed E-state index contributed by atoms with van der Waals surface area (Å²) in [7, 11) is 1.43. The van der Waals surface area contributed by atoms with E-state index in [4.69, 9.17) is 14.6 Å². The van der Waals surface area contributed by atoms with E-state index in [1.54, 1.807) is 32.9 Å². The van der Waals surface area contributed by atoms with Crippen LogP contribution in [0.3, 0.4) is 0 Å². The van der Waals surface area contributed by atoms with Gasteiger partial charge in [0.2, 0.25) is 5.91 Å². The minimum absolute atomic E-state index is 0.169. The first kappa shape index (κ1) is 21.3. The Labute approximate surface area is 153 Å². The molecule has 0 fully saturated rings. The van der Waals surface area contributed by atoms with Crippen LogP contribution in [0.5, 0.6) is 5.75 Å². The third kappa shape index (κ3) is 7.87. The van der Waals surface area contributed by atoms with Crippen molar-refractivity contribution in [2.75, 3.05) is 20.2 Å². The number of benzene rings is 1. The van der Waals surface area contributed by atoms with E-state index in [1.165, 1.54) is 7.05 Å². The molecule has 1 unspecified atom stereocenters. The number of carboxylic acids is 1. The second-order valence-corrected chi connectivity index (χ2v) is 6.67. The Morgan fingerprint density at radius 1 is 1.19 bits per heavy atom. The third-order valence-corrected chi connectivity index (χ3v) is 3.27. The van der Waals surface area contributed by atoms with Crippen molar-refractivity contribution in [3.63, 3.8) is 0 Å². The molecule has 8 nitrogen and oxygen atoms in total. The van der Waals surface area contributed by atoms with Crippen LogP contribution in [0, 0.1) is 0 Å². The molecule has 0 aliphatic heterocycles. The fourth-order valence-electron chi connectivity index (χ4n) is 2.05. The largest absolute Gasteiger partial charge is 0.494 e. The molecular weight excluding hydrogens is 340 g/mol. The lowest BCUT2D eigenvalue weighted by Gasteiger charge is -2.30. The number of hydrogen-bond acceptors (Lipinski definition) is 5. The van der Waals surface area contributed by atoms with E-state index >= 15 is 0 Å². The van der Waals surface area contributed by atoms with Gasteiger partial charge >= 0.3 is 12.1 Å². The second kappa shape index (κ2) is 9.65. The molecule has 144 valence electrons. The topological polar surface area (TPSA) is 105 Å². The lowest BCUT2D eigenvalue weighted by molar-refractivity contribution is -0.138. The van der Waals surface area contributed by atoms with Crippen LogP contribution in [0.1, 0.15) is 27.2 Å². The highest BCUT2D eigenvalue weighted by Crippen LogP contribution is 2.14. The van der Waals surface area contributed by atoms with Crippen LogP contribution in [-0.2, 0) is 14.3 Å². The van der Waals surface area contributed by atoms with E-state index in [1.807, 2.05) is 18.2 Å². The molecule has 0 saturated heterocycles. The number of carbonyl (C=O) groups excluding carboxylic acids is 2. The molecule has 0 radical (unpaired) electrons. The number of amides is 2. The van der Waals surface area contributed by atoms with Gasteiger partial charge in [0.15, 0.2) is 0 Å². The van der Waals surface area contributed by atoms with E-state index in [0.717, 1.165) is 4.90 Å². The van der Waals surface area contributed by atoms with Gasteiger partial charge in [-0.3, -0.25) is 14.5 Å². The Morgan fingerprint density at radius 3 is 2.35 bits per heavy atom. The van der Waals surface area contributed by atoms with Crippen molar-refractivity contribution in [1.29, 1.82) is 0 Å². The Kier molecular flexibility index (Phi) is 7.89. The number of aliphatic carboxylic acids is 1. The summed E-state index contributed by atoms with van der Waals surface area (Å²) in [6.07, 6.45) is -0.497. The van der Waals surface area contributed by atoms with Gasteiger partial charge in [0.25, 0.3) is 0 Å². The molecule has 1 atom stereocenters. The Balaban J connectivity index is 2.75. The Bertz CT molecular complexity index is 612. The molecule has 26 heavy (non-hydrogen) atoms. The van der Waals surface area contributed by atoms with Gasteiger partial charge in [-0.05, 0) is 32.9 Å². The number of likely N-dealkylation sites (N-methyl/N-ethyl adjacent to an activating group) is 1. The first-order valence-corrected chi connectivity index (χ1v) is 8.23. The summed E-state index contributed by atoms with van der Waals surface area (Å²) in [5.41, 5.74) is -0.714. The normalized spacial score (nSPS) is 12.0. The zero-order chi connectivity index (χ0) is 19.7. The molecule has 0 bridgehead atoms. The average molecular weight is 366 g/mol. The monoisotopic (exact) mass is 366 g/mol. The van der Waals surface area contributed by atoms with Gasteiger partial charge in [0.05, 0.1) is 6.61 Å². The smallest absolute Gasteiger partial charge is 0.410 e. The van der Waals surface area contributed by atoms with Gasteiger partial charge < -0.3 is 19.9 Å². The van der Waals surface area contributed by atoms with Gasteiger partial charge in [-0.15, -0.1) is 0 Å². The number of rotatable bonds is 8. The highest BCUT2D eigenvalue weighted by Gasteiger charge is 2.30. The SMILES string of the molecule is CN(C(=O)OC(C)(C)C)C(CCOc1ccccc1)C(=O)NCC(=O)O. The molecule has 2 N–H and O–H groups in total. The minimum Gasteiger partial charge on any atom is -0.494 e. The zero-order valence-electron chi connectivity index (χ0n) is 15.5. The van der Waals surface area contributed by atoms with Crippen LogP contribution < -0.4 is 10.1 Å². The maximum atomic E-state index is 12.3. The molecule has 1 aromatic carbocycles. The summed E-state index contributed by atoms with van der Waals surface area (Å²) < 4.78 is 10.8. The average Bonchev–Trinajstić information content (AvgIpc) is 2.55. The maximum absolute atomic E-state index is 12.3. The summed E-state index contributed by atoms with van der Waals surface area (Å²) in [5, 5.41) is 11.0. The summed E-state index contributed by atoms with van der Waals surface area (Å²) in [5.74, 6) is -1.12. The number of carboxylic acid groups (broad SMARTS) is 1. The number of nitrogens with zero attached hydrogens (tertiary/aromatic N) is 1. The molecule has 1 aromatic rings. The predicted molar refractivity (Wildman–Crippen MR) is 95.0 cm³/mol. The molecule has 0 heterocycles. The summed E-state index contributed by atoms with van der Waals surface area (Å²) >= 11 is 0. The van der Waals surface area contributed by atoms with Crippen molar-refractivity contribution in [2.24, 2.45) is 0 Å². The molecule has 0 aromatic heterocycles. The number of carbonyl (C=O) groups is 3. The summed E-state index contributed by atoms with van der Waals surface area (Å²) in [4.78, 5) is 36.4. The summed E-state index contributed by atoms with van der Waals surface area (Å²) in [6, 6.07) is 8.12. The van der Waals surface area contributed by atoms with Gasteiger partial charge in [0, 0.05) is 13.5 Å². The number of nitrogens with one attached hydrogen (secondary N) is 1. The molecule has 1 rings (SSSR count). The molecule has 0 aliphatic rings. The lowest BCUT2D eigenvalue weighted by atomic mass is 10.1. The van der Waals surface area contributed by atoms with E-state index < -0.39 is 36.2 Å². The number of para-hydroxylation sites is 1. The fraction of sp³-hybridized carbons (Fsp3) is 0.500. The molecular formula is C18H26N2O6. The molecule has 0 saturated carbocycles. The predicted octanol–water partition coefficient (Wildman–Crippen LogP) is 1.89. The zero-order valence-corrected chi connectivity index (χ0v) is 15.5. The Morgan fingerprint density at radius 2 is 1.81 bits per heavy atom. The van der Waals surface area contributed by atoms with E-state index in [9.17, 15) is 14.4 Å². The highest BCUT2D eigenvalue weighted by molar-refractivity contribution is 5.87. The molecule has 8 heteroatoms. The van der Waals surface area contributed by atoms with Crippen molar-refractivity contribution in [3.8, 4) is 5.75 Å². The lowest BCUT2D eigenvalue weighted by Crippen LogP contribution is -2.50. The van der Waals surface area contributed by atoms with Crippen molar-refractivity contribution >= 4 is 18.0 Å². The van der Waals surface area contributed by atoms with E-state index in [-0.39, 0.29) is 13.0 Å². The fourth-order valence-corrected chi connectivity index (χ4v) is 2.05. The van der Waals surface area contributed by atoms with Gasteiger partial charge in [0.1, 0.15) is 23.9 Å². The minimum atomic E-state index is -1.17. The molecule has 2 amide bonds. The molecule has 0 spiro atoms. The van der Waals surface area contributed by atoms with Crippen molar-refractivity contribution < 1.29 is 29.0 Å². The van der Waals surface area contributed by atoms with Crippen LogP contribution in [0.15, 0.2) is 30.3 Å². The number of ether oxygens (including phenoxy) is 2. The van der Waals surface area contributed by atoms with Crippen molar-refractivity contribution in [2.45, 2.75) is 38.8 Å². The summed E-state index contributed by atoms with van der Waals surface area (Å²) in [6.45, 7) is 4.80. The van der Waals surface area contributed by atoms with Crippen LogP contribution in [0.2, 0.25) is 0 Å². The van der Waals surface area contributed by atoms with Crippen molar-refractivity contribution in [3.05, 3.63) is 30.3 Å². The van der Waals surface area contributed by atoms with Gasteiger partial charge in [-0.1, -0.05) is 18.2 Å². The maximum Gasteiger partial charge on any atom is 0.410 e. The van der Waals surface area contributed by atoms with Gasteiger partial charge in [-0.25, -0.2) is 4.79 Å². The quantitative estimate of drug-likeness (QED) is 0.728. The first-order valence-electron chi connectivity index (χ1n) is 8.23.